The quantitative estimate of drug-likeness (QED) is 0.442. The second kappa shape index (κ2) is 7.94. The molecule has 3 aromatic heterocycles. The molecule has 1 aliphatic carbocycles. The van der Waals surface area contributed by atoms with Gasteiger partial charge >= 0.3 is 0 Å². The number of rotatable bonds is 6. The second-order valence-corrected chi connectivity index (χ2v) is 8.18. The first-order valence-corrected chi connectivity index (χ1v) is 10.8. The zero-order chi connectivity index (χ0) is 22.4. The number of nitrogens with one attached hydrogen (secondary N) is 1. The highest BCUT2D eigenvalue weighted by Gasteiger charge is 2.25. The highest BCUT2D eigenvalue weighted by Crippen LogP contribution is 2.29. The van der Waals surface area contributed by atoms with Crippen LogP contribution in [0.3, 0.4) is 0 Å². The van der Waals surface area contributed by atoms with Crippen LogP contribution in [0.5, 0.6) is 5.75 Å². The molecule has 164 valence electrons. The molecular weight excluding hydrogens is 433 g/mol. The van der Waals surface area contributed by atoms with Crippen LogP contribution in [0.15, 0.2) is 43.0 Å². The van der Waals surface area contributed by atoms with Crippen molar-refractivity contribution < 1.29 is 13.9 Å². The van der Waals surface area contributed by atoms with Crippen LogP contribution in [-0.4, -0.2) is 38.2 Å². The van der Waals surface area contributed by atoms with Gasteiger partial charge in [0.25, 0.3) is 5.91 Å². The van der Waals surface area contributed by atoms with Crippen LogP contribution < -0.4 is 10.1 Å². The fraction of sp³-hybridized carbons (Fsp3) is 0.261. The van der Waals surface area contributed by atoms with Crippen LogP contribution in [0.1, 0.15) is 34.3 Å². The van der Waals surface area contributed by atoms with E-state index in [9.17, 15) is 9.18 Å². The van der Waals surface area contributed by atoms with Crippen molar-refractivity contribution in [1.82, 2.24) is 24.5 Å². The number of pyridine rings is 1. The lowest BCUT2D eigenvalue weighted by Gasteiger charge is -2.10. The van der Waals surface area contributed by atoms with Crippen LogP contribution in [-0.2, 0) is 5.88 Å². The maximum Gasteiger partial charge on any atom is 0.254 e. The highest BCUT2D eigenvalue weighted by molar-refractivity contribution is 6.17. The number of halogens is 2. The van der Waals surface area contributed by atoms with E-state index in [0.29, 0.717) is 23.1 Å². The van der Waals surface area contributed by atoms with Gasteiger partial charge in [-0.2, -0.15) is 5.10 Å². The van der Waals surface area contributed by atoms with Crippen LogP contribution in [0, 0.1) is 12.7 Å². The predicted molar refractivity (Wildman–Crippen MR) is 119 cm³/mol. The van der Waals surface area contributed by atoms with Crippen molar-refractivity contribution in [2.45, 2.75) is 31.7 Å². The molecule has 5 rings (SSSR count). The molecule has 0 saturated heterocycles. The molecule has 9 heteroatoms. The number of methoxy groups -OCH3 is 1. The number of nitrogens with zero attached hydrogens (tertiary/aromatic N) is 4. The molecule has 7 nitrogen and oxygen atoms in total. The Morgan fingerprint density at radius 2 is 2.09 bits per heavy atom. The van der Waals surface area contributed by atoms with E-state index in [1.807, 2.05) is 29.8 Å². The minimum absolute atomic E-state index is 0.0406. The van der Waals surface area contributed by atoms with Crippen molar-refractivity contribution in [3.05, 3.63) is 65.5 Å². The number of hydrogen-bond acceptors (Lipinski definition) is 4. The minimum atomic E-state index is -0.527. The van der Waals surface area contributed by atoms with Crippen molar-refractivity contribution in [3.8, 4) is 22.7 Å². The highest BCUT2D eigenvalue weighted by atomic mass is 35.5. The summed E-state index contributed by atoms with van der Waals surface area (Å²) in [5, 5.41) is 7.32. The molecule has 1 saturated carbocycles. The number of aryl methyl sites for hydroxylation is 1. The predicted octanol–water partition coefficient (Wildman–Crippen LogP) is 4.27. The van der Waals surface area contributed by atoms with E-state index in [0.717, 1.165) is 35.1 Å². The molecule has 4 aromatic rings. The molecule has 0 bridgehead atoms. The maximum atomic E-state index is 14.5. The fourth-order valence-corrected chi connectivity index (χ4v) is 3.93. The lowest BCUT2D eigenvalue weighted by atomic mass is 9.99. The average Bonchev–Trinajstić information content (AvgIpc) is 3.30. The molecule has 0 spiro atoms. The molecular formula is C23H21ClFN5O2. The summed E-state index contributed by atoms with van der Waals surface area (Å²) < 4.78 is 23.4. The monoisotopic (exact) mass is 453 g/mol. The van der Waals surface area contributed by atoms with Gasteiger partial charge in [-0.1, -0.05) is 0 Å². The first-order chi connectivity index (χ1) is 15.5. The number of carbonyl (C=O) groups excluding carboxylic acids is 1. The van der Waals surface area contributed by atoms with Crippen molar-refractivity contribution in [2.24, 2.45) is 0 Å². The van der Waals surface area contributed by atoms with Gasteiger partial charge in [-0.3, -0.25) is 9.20 Å². The SMILES string of the molecule is COc1cc2ncc(-n3cc(-c4cc(C(=O)NC5CC5)c(F)cc4C)cn3)n2cc1CCl. The lowest BCUT2D eigenvalue weighted by Crippen LogP contribution is -2.26. The van der Waals surface area contributed by atoms with E-state index in [1.165, 1.54) is 6.07 Å². The van der Waals surface area contributed by atoms with Crippen LogP contribution >= 0.6 is 11.6 Å². The number of imidazole rings is 1. The molecule has 1 aromatic carbocycles. The summed E-state index contributed by atoms with van der Waals surface area (Å²) in [6, 6.07) is 4.96. The largest absolute Gasteiger partial charge is 0.496 e. The van der Waals surface area contributed by atoms with Crippen molar-refractivity contribution in [3.63, 3.8) is 0 Å². The number of ether oxygens (including phenoxy) is 1. The summed E-state index contributed by atoms with van der Waals surface area (Å²) in [5.74, 6) is 0.766. The minimum Gasteiger partial charge on any atom is -0.496 e. The first-order valence-electron chi connectivity index (χ1n) is 10.2. The standard InChI is InChI=1S/C23H21ClFN5O2/c1-13-5-19(25)18(23(31)28-16-3-4-16)6-17(13)15-9-27-30(12-15)22-10-26-21-7-20(32-2)14(8-24)11-29(21)22/h5-7,9-12,16H,3-4,8H2,1-2H3,(H,28,31). The number of amides is 1. The van der Waals surface area contributed by atoms with Crippen LogP contribution in [0.4, 0.5) is 4.39 Å². The molecule has 32 heavy (non-hydrogen) atoms. The summed E-state index contributed by atoms with van der Waals surface area (Å²) in [7, 11) is 1.59. The summed E-state index contributed by atoms with van der Waals surface area (Å²) in [6.45, 7) is 1.81. The number of fused-ring (bicyclic) bond motifs is 1. The Balaban J connectivity index is 1.53. The van der Waals surface area contributed by atoms with Crippen LogP contribution in [0.25, 0.3) is 22.6 Å². The van der Waals surface area contributed by atoms with E-state index in [-0.39, 0.29) is 17.5 Å². The summed E-state index contributed by atoms with van der Waals surface area (Å²) >= 11 is 6.07. The fourth-order valence-electron chi connectivity index (χ4n) is 3.73. The summed E-state index contributed by atoms with van der Waals surface area (Å²) in [4.78, 5) is 16.9. The van der Waals surface area contributed by atoms with E-state index >= 15 is 0 Å². The Bertz CT molecular complexity index is 1340. The Labute approximate surface area is 188 Å². The van der Waals surface area contributed by atoms with E-state index in [2.05, 4.69) is 15.4 Å². The zero-order valence-electron chi connectivity index (χ0n) is 17.6. The Morgan fingerprint density at radius 1 is 1.28 bits per heavy atom. The van der Waals surface area contributed by atoms with E-state index < -0.39 is 5.82 Å². The van der Waals surface area contributed by atoms with Gasteiger partial charge in [0.1, 0.15) is 17.2 Å². The third-order valence-corrected chi connectivity index (χ3v) is 5.92. The summed E-state index contributed by atoms with van der Waals surface area (Å²) in [6.07, 6.45) is 8.97. The van der Waals surface area contributed by atoms with Crippen molar-refractivity contribution in [2.75, 3.05) is 7.11 Å². The number of benzene rings is 1. The lowest BCUT2D eigenvalue weighted by molar-refractivity contribution is 0.0947. The van der Waals surface area contributed by atoms with Gasteiger partial charge < -0.3 is 10.1 Å². The molecule has 0 atom stereocenters. The molecule has 0 unspecified atom stereocenters. The number of alkyl halides is 1. The van der Waals surface area contributed by atoms with Gasteiger partial charge in [0.05, 0.1) is 30.9 Å². The summed E-state index contributed by atoms with van der Waals surface area (Å²) in [5.41, 5.74) is 3.80. The topological polar surface area (TPSA) is 73.5 Å². The maximum absolute atomic E-state index is 14.5. The molecule has 3 heterocycles. The van der Waals surface area contributed by atoms with Crippen LogP contribution in [0.2, 0.25) is 0 Å². The first kappa shape index (κ1) is 20.5. The Hall–Kier alpha value is -3.39. The van der Waals surface area contributed by atoms with Crippen molar-refractivity contribution in [1.29, 1.82) is 0 Å². The Kier molecular flexibility index (Phi) is 5.09. The third-order valence-electron chi connectivity index (χ3n) is 5.63. The average molecular weight is 454 g/mol. The second-order valence-electron chi connectivity index (χ2n) is 7.91. The molecule has 0 aliphatic heterocycles. The van der Waals surface area contributed by atoms with Gasteiger partial charge in [0, 0.05) is 35.6 Å². The van der Waals surface area contributed by atoms with E-state index in [1.54, 1.807) is 30.3 Å². The number of aromatic nitrogens is 4. The molecule has 0 radical (unpaired) electrons. The van der Waals surface area contributed by atoms with Gasteiger partial charge in [-0.15, -0.1) is 11.6 Å². The van der Waals surface area contributed by atoms with Gasteiger partial charge in [0.15, 0.2) is 5.82 Å². The zero-order valence-corrected chi connectivity index (χ0v) is 18.4. The normalized spacial score (nSPS) is 13.5. The number of hydrogen-bond donors (Lipinski definition) is 1. The van der Waals surface area contributed by atoms with Crippen molar-refractivity contribution >= 4 is 23.2 Å². The molecule has 1 aliphatic rings. The molecule has 1 amide bonds. The third kappa shape index (κ3) is 3.60. The molecule has 1 N–H and O–H groups in total. The Morgan fingerprint density at radius 3 is 2.81 bits per heavy atom. The molecule has 1 fully saturated rings. The van der Waals surface area contributed by atoms with E-state index in [4.69, 9.17) is 16.3 Å². The number of carbonyl (C=O) groups is 1. The smallest absolute Gasteiger partial charge is 0.254 e. The van der Waals surface area contributed by atoms with Gasteiger partial charge in [-0.25, -0.2) is 14.1 Å². The van der Waals surface area contributed by atoms with Gasteiger partial charge in [0.2, 0.25) is 0 Å². The van der Waals surface area contributed by atoms with Gasteiger partial charge in [-0.05, 0) is 43.0 Å².